The van der Waals surface area contributed by atoms with Gasteiger partial charge >= 0.3 is 0 Å². The number of methoxy groups -OCH3 is 1. The fourth-order valence-electron chi connectivity index (χ4n) is 1.25. The number of hydrogen-bond acceptors (Lipinski definition) is 3. The van der Waals surface area contributed by atoms with Gasteiger partial charge in [0.1, 0.15) is 0 Å². The normalized spacial score (nSPS) is 12.2. The van der Waals surface area contributed by atoms with Crippen LogP contribution in [0.3, 0.4) is 0 Å². The third-order valence-electron chi connectivity index (χ3n) is 2.38. The second-order valence-corrected chi connectivity index (χ2v) is 3.42. The SMILES string of the molecule is CCC(CO)COc1ccccc1OC. The second-order valence-electron chi connectivity index (χ2n) is 3.42. The first kappa shape index (κ1) is 11.9. The monoisotopic (exact) mass is 210 g/mol. The van der Waals surface area contributed by atoms with Crippen molar-refractivity contribution >= 4 is 0 Å². The van der Waals surface area contributed by atoms with E-state index >= 15 is 0 Å². The van der Waals surface area contributed by atoms with Crippen molar-refractivity contribution < 1.29 is 14.6 Å². The highest BCUT2D eigenvalue weighted by Crippen LogP contribution is 2.26. The number of aliphatic hydroxyl groups is 1. The van der Waals surface area contributed by atoms with E-state index in [4.69, 9.17) is 14.6 Å². The Morgan fingerprint density at radius 1 is 1.27 bits per heavy atom. The van der Waals surface area contributed by atoms with E-state index in [1.165, 1.54) is 0 Å². The zero-order valence-corrected chi connectivity index (χ0v) is 9.27. The number of rotatable bonds is 6. The maximum absolute atomic E-state index is 9.02. The summed E-state index contributed by atoms with van der Waals surface area (Å²) in [6.45, 7) is 2.71. The number of para-hydroxylation sites is 2. The van der Waals surface area contributed by atoms with Crippen LogP contribution in [0.2, 0.25) is 0 Å². The van der Waals surface area contributed by atoms with E-state index < -0.39 is 0 Å². The first-order chi connectivity index (χ1) is 7.31. The molecule has 1 atom stereocenters. The van der Waals surface area contributed by atoms with E-state index in [0.717, 1.165) is 17.9 Å². The van der Waals surface area contributed by atoms with Crippen LogP contribution in [0.5, 0.6) is 11.5 Å². The molecule has 0 spiro atoms. The Hall–Kier alpha value is -1.22. The fourth-order valence-corrected chi connectivity index (χ4v) is 1.25. The molecule has 0 aliphatic rings. The van der Waals surface area contributed by atoms with Gasteiger partial charge in [-0.15, -0.1) is 0 Å². The first-order valence-electron chi connectivity index (χ1n) is 5.18. The molecule has 3 heteroatoms. The molecule has 0 bridgehead atoms. The Morgan fingerprint density at radius 2 is 1.93 bits per heavy atom. The van der Waals surface area contributed by atoms with Crippen molar-refractivity contribution in [2.45, 2.75) is 13.3 Å². The van der Waals surface area contributed by atoms with Crippen molar-refractivity contribution in [1.82, 2.24) is 0 Å². The molecule has 3 nitrogen and oxygen atoms in total. The molecule has 0 saturated heterocycles. The molecule has 0 radical (unpaired) electrons. The summed E-state index contributed by atoms with van der Waals surface area (Å²) in [6, 6.07) is 7.52. The highest BCUT2D eigenvalue weighted by atomic mass is 16.5. The average molecular weight is 210 g/mol. The van der Waals surface area contributed by atoms with Crippen molar-refractivity contribution in [2.24, 2.45) is 5.92 Å². The molecule has 0 aromatic heterocycles. The molecule has 0 saturated carbocycles. The summed E-state index contributed by atoms with van der Waals surface area (Å²) in [6.07, 6.45) is 0.908. The summed E-state index contributed by atoms with van der Waals surface area (Å²) < 4.78 is 10.7. The summed E-state index contributed by atoms with van der Waals surface area (Å²) >= 11 is 0. The van der Waals surface area contributed by atoms with Crippen LogP contribution in [-0.2, 0) is 0 Å². The van der Waals surface area contributed by atoms with E-state index in [1.807, 2.05) is 31.2 Å². The summed E-state index contributed by atoms with van der Waals surface area (Å²) in [5.74, 6) is 1.65. The Kier molecular flexibility index (Phi) is 4.98. The van der Waals surface area contributed by atoms with Crippen molar-refractivity contribution in [3.8, 4) is 11.5 Å². The third kappa shape index (κ3) is 3.44. The molecule has 1 unspecified atom stereocenters. The van der Waals surface area contributed by atoms with Gasteiger partial charge in [0.15, 0.2) is 11.5 Å². The lowest BCUT2D eigenvalue weighted by atomic mass is 10.1. The van der Waals surface area contributed by atoms with E-state index in [2.05, 4.69) is 0 Å². The molecular formula is C12H18O3. The van der Waals surface area contributed by atoms with Crippen LogP contribution < -0.4 is 9.47 Å². The lowest BCUT2D eigenvalue weighted by Gasteiger charge is -2.14. The van der Waals surface area contributed by atoms with E-state index in [1.54, 1.807) is 7.11 Å². The Balaban J connectivity index is 2.56. The van der Waals surface area contributed by atoms with Gasteiger partial charge in [-0.05, 0) is 18.6 Å². The molecule has 0 aliphatic heterocycles. The molecular weight excluding hydrogens is 192 g/mol. The van der Waals surface area contributed by atoms with Crippen molar-refractivity contribution in [1.29, 1.82) is 0 Å². The molecule has 1 aromatic rings. The highest BCUT2D eigenvalue weighted by Gasteiger charge is 2.07. The Morgan fingerprint density at radius 3 is 2.47 bits per heavy atom. The maximum atomic E-state index is 9.02. The van der Waals surface area contributed by atoms with Gasteiger partial charge in [0, 0.05) is 12.5 Å². The minimum atomic E-state index is 0.158. The van der Waals surface area contributed by atoms with Crippen LogP contribution >= 0.6 is 0 Å². The smallest absolute Gasteiger partial charge is 0.161 e. The van der Waals surface area contributed by atoms with Crippen LogP contribution in [0.25, 0.3) is 0 Å². The van der Waals surface area contributed by atoms with Gasteiger partial charge in [-0.25, -0.2) is 0 Å². The molecule has 1 N–H and O–H groups in total. The largest absolute Gasteiger partial charge is 0.493 e. The maximum Gasteiger partial charge on any atom is 0.161 e. The van der Waals surface area contributed by atoms with E-state index in [9.17, 15) is 0 Å². The molecule has 1 rings (SSSR count). The molecule has 0 amide bonds. The predicted molar refractivity (Wildman–Crippen MR) is 59.4 cm³/mol. The standard InChI is InChI=1S/C12H18O3/c1-3-10(8-13)9-15-12-7-5-4-6-11(12)14-2/h4-7,10,13H,3,8-9H2,1-2H3. The van der Waals surface area contributed by atoms with E-state index in [-0.39, 0.29) is 12.5 Å². The van der Waals surface area contributed by atoms with Crippen molar-refractivity contribution in [2.75, 3.05) is 20.3 Å². The summed E-state index contributed by atoms with van der Waals surface area (Å²) in [5.41, 5.74) is 0. The average Bonchev–Trinajstić information content (AvgIpc) is 2.31. The van der Waals surface area contributed by atoms with Gasteiger partial charge in [0.25, 0.3) is 0 Å². The second kappa shape index (κ2) is 6.30. The quantitative estimate of drug-likeness (QED) is 0.781. The minimum Gasteiger partial charge on any atom is -0.493 e. The highest BCUT2D eigenvalue weighted by molar-refractivity contribution is 5.39. The molecule has 0 fully saturated rings. The molecule has 0 heterocycles. The molecule has 84 valence electrons. The van der Waals surface area contributed by atoms with Crippen molar-refractivity contribution in [3.63, 3.8) is 0 Å². The van der Waals surface area contributed by atoms with Crippen LogP contribution in [0.1, 0.15) is 13.3 Å². The first-order valence-corrected chi connectivity index (χ1v) is 5.18. The van der Waals surface area contributed by atoms with Gasteiger partial charge < -0.3 is 14.6 Å². The lowest BCUT2D eigenvalue weighted by molar-refractivity contribution is 0.157. The van der Waals surface area contributed by atoms with Gasteiger partial charge in [-0.1, -0.05) is 19.1 Å². The summed E-state index contributed by atoms with van der Waals surface area (Å²) in [7, 11) is 1.62. The van der Waals surface area contributed by atoms with E-state index in [0.29, 0.717) is 6.61 Å². The summed E-state index contributed by atoms with van der Waals surface area (Å²) in [4.78, 5) is 0. The van der Waals surface area contributed by atoms with Crippen molar-refractivity contribution in [3.05, 3.63) is 24.3 Å². The number of aliphatic hydroxyl groups excluding tert-OH is 1. The summed E-state index contributed by atoms with van der Waals surface area (Å²) in [5, 5.41) is 9.02. The minimum absolute atomic E-state index is 0.158. The van der Waals surface area contributed by atoms with Gasteiger partial charge in [0.05, 0.1) is 13.7 Å². The Bertz CT molecular complexity index is 282. The molecule has 0 aliphatic carbocycles. The van der Waals surface area contributed by atoms with Crippen LogP contribution in [0.4, 0.5) is 0 Å². The van der Waals surface area contributed by atoms with Gasteiger partial charge in [-0.3, -0.25) is 0 Å². The third-order valence-corrected chi connectivity index (χ3v) is 2.38. The number of hydrogen-bond donors (Lipinski definition) is 1. The fraction of sp³-hybridized carbons (Fsp3) is 0.500. The van der Waals surface area contributed by atoms with Crippen LogP contribution in [0.15, 0.2) is 24.3 Å². The zero-order chi connectivity index (χ0) is 11.1. The number of benzene rings is 1. The lowest BCUT2D eigenvalue weighted by Crippen LogP contribution is -2.15. The molecule has 1 aromatic carbocycles. The topological polar surface area (TPSA) is 38.7 Å². The van der Waals surface area contributed by atoms with Gasteiger partial charge in [0.2, 0.25) is 0 Å². The predicted octanol–water partition coefficient (Wildman–Crippen LogP) is 2.09. The van der Waals surface area contributed by atoms with Crippen LogP contribution in [0, 0.1) is 5.92 Å². The molecule has 15 heavy (non-hydrogen) atoms. The number of ether oxygens (including phenoxy) is 2. The van der Waals surface area contributed by atoms with Crippen LogP contribution in [-0.4, -0.2) is 25.4 Å². The Labute approximate surface area is 90.6 Å². The van der Waals surface area contributed by atoms with Gasteiger partial charge in [-0.2, -0.15) is 0 Å². The zero-order valence-electron chi connectivity index (χ0n) is 9.27.